The highest BCUT2D eigenvalue weighted by atomic mass is 16.6. The molecule has 1 heterocycles. The minimum Gasteiger partial charge on any atom is -0.358 e. The Labute approximate surface area is 160 Å². The van der Waals surface area contributed by atoms with Crippen molar-refractivity contribution in [2.45, 2.75) is 46.3 Å². The average Bonchev–Trinajstić information content (AvgIpc) is 2.93. The van der Waals surface area contributed by atoms with E-state index in [-0.39, 0.29) is 16.7 Å². The van der Waals surface area contributed by atoms with Gasteiger partial charge in [0, 0.05) is 12.1 Å². The molecule has 3 rings (SSSR count). The second kappa shape index (κ2) is 7.12. The molecule has 140 valence electrons. The topological polar surface area (TPSA) is 52.4 Å². The van der Waals surface area contributed by atoms with Crippen molar-refractivity contribution >= 4 is 11.3 Å². The van der Waals surface area contributed by atoms with Gasteiger partial charge in [-0.15, -0.1) is 0 Å². The molecule has 1 aliphatic rings. The molecule has 0 aliphatic carbocycles. The Morgan fingerprint density at radius 2 is 1.59 bits per heavy atom. The summed E-state index contributed by atoms with van der Waals surface area (Å²) in [6.45, 7) is 10.5. The predicted octanol–water partition coefficient (Wildman–Crippen LogP) is 6.25. The van der Waals surface area contributed by atoms with Crippen molar-refractivity contribution in [2.75, 3.05) is 0 Å². The van der Waals surface area contributed by atoms with Crippen molar-refractivity contribution in [3.63, 3.8) is 0 Å². The molecule has 4 heteroatoms. The van der Waals surface area contributed by atoms with Gasteiger partial charge in [0.25, 0.3) is 5.69 Å². The van der Waals surface area contributed by atoms with Gasteiger partial charge in [-0.05, 0) is 74.6 Å². The van der Waals surface area contributed by atoms with Crippen LogP contribution < -0.4 is 0 Å². The summed E-state index contributed by atoms with van der Waals surface area (Å²) >= 11 is 0. The number of ether oxygens (including phenoxy) is 1. The zero-order chi connectivity index (χ0) is 19.8. The van der Waals surface area contributed by atoms with Crippen LogP contribution in [-0.4, -0.2) is 10.5 Å². The lowest BCUT2D eigenvalue weighted by molar-refractivity contribution is -0.384. The van der Waals surface area contributed by atoms with E-state index >= 15 is 0 Å². The second-order valence-electron chi connectivity index (χ2n) is 7.64. The van der Waals surface area contributed by atoms with E-state index in [1.807, 2.05) is 18.2 Å². The van der Waals surface area contributed by atoms with Crippen LogP contribution in [0.15, 0.2) is 71.3 Å². The standard InChI is InChI=1S/C23H25NO3/c1-15(2)21-20(16(3)17-9-7-6-8-10-17)22(27-23(21,4)5)18-11-13-19(14-12-18)24(25)26/h6-14,22H,1-5H3/b20-16-. The summed E-state index contributed by atoms with van der Waals surface area (Å²) in [6.07, 6.45) is -0.258. The van der Waals surface area contributed by atoms with Crippen molar-refractivity contribution in [3.05, 3.63) is 92.6 Å². The first-order chi connectivity index (χ1) is 12.7. The van der Waals surface area contributed by atoms with Gasteiger partial charge in [0.05, 0.1) is 10.5 Å². The van der Waals surface area contributed by atoms with Crippen LogP contribution in [0.4, 0.5) is 5.69 Å². The maximum absolute atomic E-state index is 11.0. The first-order valence-corrected chi connectivity index (χ1v) is 9.09. The number of non-ortho nitro benzene ring substituents is 1. The van der Waals surface area contributed by atoms with E-state index in [9.17, 15) is 10.1 Å². The zero-order valence-electron chi connectivity index (χ0n) is 16.4. The quantitative estimate of drug-likeness (QED) is 0.478. The predicted molar refractivity (Wildman–Crippen MR) is 108 cm³/mol. The fraction of sp³-hybridized carbons (Fsp3) is 0.304. The van der Waals surface area contributed by atoms with Gasteiger partial charge in [-0.3, -0.25) is 10.1 Å². The Hall–Kier alpha value is -2.72. The van der Waals surface area contributed by atoms with E-state index in [1.54, 1.807) is 24.3 Å². The van der Waals surface area contributed by atoms with E-state index in [4.69, 9.17) is 4.74 Å². The van der Waals surface area contributed by atoms with E-state index in [1.165, 1.54) is 16.7 Å². The molecule has 1 unspecified atom stereocenters. The number of nitro groups is 1. The van der Waals surface area contributed by atoms with E-state index in [0.717, 1.165) is 16.7 Å². The monoisotopic (exact) mass is 363 g/mol. The molecule has 1 atom stereocenters. The molecule has 1 saturated heterocycles. The van der Waals surface area contributed by atoms with Crippen molar-refractivity contribution in [1.82, 2.24) is 0 Å². The number of allylic oxidation sites excluding steroid dienone is 2. The molecule has 0 spiro atoms. The molecule has 0 bridgehead atoms. The molecule has 0 N–H and O–H groups in total. The summed E-state index contributed by atoms with van der Waals surface area (Å²) in [5, 5.41) is 11.0. The third-order valence-corrected chi connectivity index (χ3v) is 5.06. The second-order valence-corrected chi connectivity index (χ2v) is 7.64. The van der Waals surface area contributed by atoms with Crippen molar-refractivity contribution < 1.29 is 9.66 Å². The van der Waals surface area contributed by atoms with E-state index in [0.29, 0.717) is 0 Å². The van der Waals surface area contributed by atoms with Crippen LogP contribution in [0.3, 0.4) is 0 Å². The molecule has 1 fully saturated rings. The number of benzene rings is 2. The van der Waals surface area contributed by atoms with Crippen LogP contribution in [0.1, 0.15) is 51.8 Å². The van der Waals surface area contributed by atoms with Gasteiger partial charge in [0.15, 0.2) is 0 Å². The Morgan fingerprint density at radius 3 is 2.11 bits per heavy atom. The zero-order valence-corrected chi connectivity index (χ0v) is 16.4. The smallest absolute Gasteiger partial charge is 0.269 e. The maximum Gasteiger partial charge on any atom is 0.269 e. The average molecular weight is 363 g/mol. The minimum absolute atomic E-state index is 0.0868. The van der Waals surface area contributed by atoms with Gasteiger partial charge in [0.1, 0.15) is 6.10 Å². The summed E-state index contributed by atoms with van der Waals surface area (Å²) in [6, 6.07) is 16.9. The lowest BCUT2D eigenvalue weighted by Gasteiger charge is -2.21. The number of hydrogen-bond acceptors (Lipinski definition) is 3. The van der Waals surface area contributed by atoms with Crippen LogP contribution in [0.25, 0.3) is 5.57 Å². The molecule has 27 heavy (non-hydrogen) atoms. The normalized spacial score (nSPS) is 20.5. The highest BCUT2D eigenvalue weighted by Crippen LogP contribution is 2.51. The van der Waals surface area contributed by atoms with Gasteiger partial charge >= 0.3 is 0 Å². The van der Waals surface area contributed by atoms with Crippen LogP contribution >= 0.6 is 0 Å². The van der Waals surface area contributed by atoms with Crippen LogP contribution in [0.5, 0.6) is 0 Å². The number of nitro benzene ring substituents is 1. The Morgan fingerprint density at radius 1 is 1.00 bits per heavy atom. The highest BCUT2D eigenvalue weighted by Gasteiger charge is 2.43. The minimum atomic E-state index is -0.434. The van der Waals surface area contributed by atoms with Crippen LogP contribution in [0.2, 0.25) is 0 Å². The number of hydrogen-bond donors (Lipinski definition) is 0. The molecule has 0 aromatic heterocycles. The Bertz CT molecular complexity index is 918. The first-order valence-electron chi connectivity index (χ1n) is 9.09. The van der Waals surface area contributed by atoms with Gasteiger partial charge in [0.2, 0.25) is 0 Å². The van der Waals surface area contributed by atoms with Gasteiger partial charge < -0.3 is 4.74 Å². The van der Waals surface area contributed by atoms with Crippen molar-refractivity contribution in [1.29, 1.82) is 0 Å². The highest BCUT2D eigenvalue weighted by molar-refractivity contribution is 5.75. The molecule has 4 nitrogen and oxygen atoms in total. The molecule has 0 radical (unpaired) electrons. The van der Waals surface area contributed by atoms with Gasteiger partial charge in [-0.25, -0.2) is 0 Å². The molecular weight excluding hydrogens is 338 g/mol. The van der Waals surface area contributed by atoms with Gasteiger partial charge in [-0.1, -0.05) is 35.9 Å². The first kappa shape index (κ1) is 19.1. The molecule has 0 saturated carbocycles. The molecular formula is C23H25NO3. The maximum atomic E-state index is 11.0. The summed E-state index contributed by atoms with van der Waals surface area (Å²) < 4.78 is 6.48. The van der Waals surface area contributed by atoms with Crippen LogP contribution in [-0.2, 0) is 4.74 Å². The van der Waals surface area contributed by atoms with Crippen LogP contribution in [0, 0.1) is 10.1 Å². The lowest BCUT2D eigenvalue weighted by Crippen LogP contribution is -2.21. The SMILES string of the molecule is CC(C)=C1/C(=C(\C)c2ccccc2)C(c2ccc([N+](=O)[O-])cc2)OC1(C)C. The summed E-state index contributed by atoms with van der Waals surface area (Å²) in [5.41, 5.74) is 6.47. The van der Waals surface area contributed by atoms with E-state index in [2.05, 4.69) is 46.8 Å². The fourth-order valence-corrected chi connectivity index (χ4v) is 3.97. The summed E-state index contributed by atoms with van der Waals surface area (Å²) in [7, 11) is 0. The molecule has 0 amide bonds. The van der Waals surface area contributed by atoms with E-state index < -0.39 is 5.60 Å². The third kappa shape index (κ3) is 3.58. The summed E-state index contributed by atoms with van der Waals surface area (Å²) in [4.78, 5) is 10.6. The van der Waals surface area contributed by atoms with Gasteiger partial charge in [-0.2, -0.15) is 0 Å². The van der Waals surface area contributed by atoms with Crippen molar-refractivity contribution in [2.24, 2.45) is 0 Å². The number of rotatable bonds is 3. The molecule has 2 aromatic carbocycles. The largest absolute Gasteiger partial charge is 0.358 e. The van der Waals surface area contributed by atoms with Crippen molar-refractivity contribution in [3.8, 4) is 0 Å². The Kier molecular flexibility index (Phi) is 5.03. The molecule has 1 aliphatic heterocycles. The molecule has 2 aromatic rings. The Balaban J connectivity index is 2.20. The lowest BCUT2D eigenvalue weighted by atomic mass is 9.83. The summed E-state index contributed by atoms with van der Waals surface area (Å²) in [5.74, 6) is 0. The fourth-order valence-electron chi connectivity index (χ4n) is 3.97. The number of nitrogens with zero attached hydrogens (tertiary/aromatic N) is 1. The third-order valence-electron chi connectivity index (χ3n) is 5.06.